The fourth-order valence-electron chi connectivity index (χ4n) is 7.63. The molecule has 0 spiro atoms. The second-order valence-electron chi connectivity index (χ2n) is 13.8. The molecule has 4 heterocycles. The first-order valence-corrected chi connectivity index (χ1v) is 16.2. The molecular weight excluding hydrogens is 554 g/mol. The van der Waals surface area contributed by atoms with Gasteiger partial charge in [0, 0.05) is 37.6 Å². The van der Waals surface area contributed by atoms with E-state index in [0.717, 1.165) is 18.3 Å². The highest BCUT2D eigenvalue weighted by Gasteiger charge is 2.45. The largest absolute Gasteiger partial charge is 0.476 e. The number of hydrogen-bond acceptors (Lipinski definition) is 8. The number of carbonyl (C=O) groups is 1. The summed E-state index contributed by atoms with van der Waals surface area (Å²) in [6.45, 7) is 11.5. The average Bonchev–Trinajstić information content (AvgIpc) is 3.71. The van der Waals surface area contributed by atoms with E-state index in [0.29, 0.717) is 42.3 Å². The molecule has 3 fully saturated rings. The lowest BCUT2D eigenvalue weighted by Crippen LogP contribution is -2.41. The predicted molar refractivity (Wildman–Crippen MR) is 158 cm³/mol. The van der Waals surface area contributed by atoms with E-state index in [1.54, 1.807) is 37.0 Å². The van der Waals surface area contributed by atoms with Gasteiger partial charge in [0.1, 0.15) is 10.7 Å². The molecule has 42 heavy (non-hydrogen) atoms. The first kappa shape index (κ1) is 28.7. The van der Waals surface area contributed by atoms with Crippen molar-refractivity contribution in [2.75, 3.05) is 18.1 Å². The molecule has 1 saturated heterocycles. The minimum atomic E-state index is -4.15. The first-order valence-electron chi connectivity index (χ1n) is 14.8. The van der Waals surface area contributed by atoms with Crippen LogP contribution >= 0.6 is 0 Å². The SMILES string of the molecule is Cc1nn(C)cc1S(=O)(=O)NC(=O)c1ccc(-n2ccc(OCC3C[C@@H]4CC[C@H]3C4)n2)nc1N1CC(C)(C)CC1(C)C. The minimum absolute atomic E-state index is 0.0276. The van der Waals surface area contributed by atoms with Gasteiger partial charge in [-0.05, 0) is 81.8 Å². The van der Waals surface area contributed by atoms with Gasteiger partial charge in [0.05, 0.1) is 17.9 Å². The molecule has 0 aromatic carbocycles. The van der Waals surface area contributed by atoms with Crippen molar-refractivity contribution in [1.82, 2.24) is 29.3 Å². The standard InChI is InChI=1S/C30H41N7O4S/c1-19-24(15-35(6)32-19)42(39,40)34-28(38)23-9-10-25(31-27(23)36-18-29(2,3)17-30(36,4)5)37-12-11-26(33-37)41-16-22-14-20-7-8-21(22)13-20/h9-12,15,20-22H,7-8,13-14,16-18H2,1-6H3,(H,34,38)/t20-,21+,22?/m1/s1. The van der Waals surface area contributed by atoms with Crippen molar-refractivity contribution < 1.29 is 17.9 Å². The number of ether oxygens (including phenoxy) is 1. The maximum atomic E-state index is 13.6. The lowest BCUT2D eigenvalue weighted by Gasteiger charge is -2.33. The zero-order valence-electron chi connectivity index (χ0n) is 25.3. The van der Waals surface area contributed by atoms with E-state index < -0.39 is 15.9 Å². The molecule has 2 saturated carbocycles. The van der Waals surface area contributed by atoms with Crippen LogP contribution in [0.2, 0.25) is 0 Å². The molecule has 12 heteroatoms. The second kappa shape index (κ2) is 10.1. The summed E-state index contributed by atoms with van der Waals surface area (Å²) < 4.78 is 37.7. The number of amides is 1. The third-order valence-electron chi connectivity index (χ3n) is 9.20. The topological polar surface area (TPSA) is 124 Å². The zero-order chi connectivity index (χ0) is 30.0. The molecule has 3 aromatic heterocycles. The Labute approximate surface area is 247 Å². The molecule has 11 nitrogen and oxygen atoms in total. The maximum absolute atomic E-state index is 13.6. The van der Waals surface area contributed by atoms with Gasteiger partial charge >= 0.3 is 0 Å². The Morgan fingerprint density at radius 3 is 2.52 bits per heavy atom. The number of nitrogens with one attached hydrogen (secondary N) is 1. The molecule has 1 N–H and O–H groups in total. The monoisotopic (exact) mass is 595 g/mol. The summed E-state index contributed by atoms with van der Waals surface area (Å²) in [5.74, 6) is 2.97. The van der Waals surface area contributed by atoms with Gasteiger partial charge in [-0.25, -0.2) is 22.8 Å². The van der Waals surface area contributed by atoms with E-state index in [1.165, 1.54) is 36.6 Å². The molecule has 6 rings (SSSR count). The van der Waals surface area contributed by atoms with E-state index >= 15 is 0 Å². The number of carbonyl (C=O) groups excluding carboxylic acids is 1. The second-order valence-corrected chi connectivity index (χ2v) is 15.5. The summed E-state index contributed by atoms with van der Waals surface area (Å²) in [6, 6.07) is 5.14. The quantitative estimate of drug-likeness (QED) is 0.410. The van der Waals surface area contributed by atoms with Gasteiger partial charge in [-0.2, -0.15) is 5.10 Å². The lowest BCUT2D eigenvalue weighted by molar-refractivity contribution is 0.0981. The fourth-order valence-corrected chi connectivity index (χ4v) is 8.82. The number of aryl methyl sites for hydroxylation is 2. The van der Waals surface area contributed by atoms with E-state index in [2.05, 4.69) is 47.5 Å². The van der Waals surface area contributed by atoms with Crippen molar-refractivity contribution in [3.63, 3.8) is 0 Å². The van der Waals surface area contributed by atoms with Crippen LogP contribution in [0.3, 0.4) is 0 Å². The average molecular weight is 596 g/mol. The van der Waals surface area contributed by atoms with Crippen molar-refractivity contribution in [1.29, 1.82) is 0 Å². The van der Waals surface area contributed by atoms with Gasteiger partial charge in [-0.3, -0.25) is 9.48 Å². The van der Waals surface area contributed by atoms with Crippen LogP contribution in [0.1, 0.15) is 75.9 Å². The third kappa shape index (κ3) is 5.41. The van der Waals surface area contributed by atoms with Gasteiger partial charge in [0.25, 0.3) is 15.9 Å². The molecule has 2 bridgehead atoms. The Morgan fingerprint density at radius 1 is 1.12 bits per heavy atom. The number of sulfonamides is 1. The summed E-state index contributed by atoms with van der Waals surface area (Å²) in [7, 11) is -2.51. The zero-order valence-corrected chi connectivity index (χ0v) is 26.1. The Balaban J connectivity index is 1.29. The minimum Gasteiger partial charge on any atom is -0.476 e. The maximum Gasteiger partial charge on any atom is 0.268 e. The first-order chi connectivity index (χ1) is 19.7. The highest BCUT2D eigenvalue weighted by atomic mass is 32.2. The number of pyridine rings is 1. The van der Waals surface area contributed by atoms with Crippen molar-refractivity contribution in [2.45, 2.75) is 77.2 Å². The molecule has 1 aliphatic heterocycles. The number of fused-ring (bicyclic) bond motifs is 2. The molecule has 226 valence electrons. The molecule has 0 radical (unpaired) electrons. The molecule has 1 amide bonds. The number of aromatic nitrogens is 5. The smallest absolute Gasteiger partial charge is 0.268 e. The predicted octanol–water partition coefficient (Wildman–Crippen LogP) is 4.26. The van der Waals surface area contributed by atoms with Crippen molar-refractivity contribution in [3.8, 4) is 11.7 Å². The fraction of sp³-hybridized carbons (Fsp3) is 0.600. The van der Waals surface area contributed by atoms with Crippen LogP contribution < -0.4 is 14.4 Å². The summed E-state index contributed by atoms with van der Waals surface area (Å²) in [4.78, 5) is 20.6. The summed E-state index contributed by atoms with van der Waals surface area (Å²) in [5.41, 5.74) is 0.142. The van der Waals surface area contributed by atoms with Gasteiger partial charge in [-0.15, -0.1) is 5.10 Å². The van der Waals surface area contributed by atoms with Crippen LogP contribution in [-0.2, 0) is 17.1 Å². The molecular formula is C30H41N7O4S. The lowest BCUT2D eigenvalue weighted by atomic mass is 9.86. The van der Waals surface area contributed by atoms with E-state index in [-0.39, 0.29) is 21.4 Å². The summed E-state index contributed by atoms with van der Waals surface area (Å²) in [6.07, 6.45) is 9.32. The van der Waals surface area contributed by atoms with Gasteiger partial charge in [0.2, 0.25) is 5.88 Å². The number of rotatable bonds is 8. The molecule has 3 atom stereocenters. The van der Waals surface area contributed by atoms with Crippen LogP contribution in [0.4, 0.5) is 5.82 Å². The molecule has 3 aliphatic rings. The summed E-state index contributed by atoms with van der Waals surface area (Å²) >= 11 is 0. The number of nitrogens with zero attached hydrogens (tertiary/aromatic N) is 6. The van der Waals surface area contributed by atoms with Crippen LogP contribution in [-0.4, -0.2) is 57.6 Å². The normalized spacial score (nSPS) is 24.3. The van der Waals surface area contributed by atoms with Gasteiger partial charge in [0.15, 0.2) is 5.82 Å². The van der Waals surface area contributed by atoms with Gasteiger partial charge < -0.3 is 9.64 Å². The number of hydrogen-bond donors (Lipinski definition) is 1. The van der Waals surface area contributed by atoms with Crippen LogP contribution in [0.15, 0.2) is 35.5 Å². The van der Waals surface area contributed by atoms with Crippen LogP contribution in [0.25, 0.3) is 5.82 Å². The van der Waals surface area contributed by atoms with E-state index in [1.807, 2.05) is 6.07 Å². The van der Waals surface area contributed by atoms with Gasteiger partial charge in [-0.1, -0.05) is 20.3 Å². The Hall–Kier alpha value is -3.41. The molecule has 1 unspecified atom stereocenters. The van der Waals surface area contributed by atoms with Crippen molar-refractivity contribution in [2.24, 2.45) is 30.2 Å². The van der Waals surface area contributed by atoms with Crippen LogP contribution in [0, 0.1) is 30.1 Å². The van der Waals surface area contributed by atoms with Crippen molar-refractivity contribution in [3.05, 3.63) is 41.9 Å². The Morgan fingerprint density at radius 2 is 1.90 bits per heavy atom. The molecule has 2 aliphatic carbocycles. The highest BCUT2D eigenvalue weighted by molar-refractivity contribution is 7.90. The summed E-state index contributed by atoms with van der Waals surface area (Å²) in [5, 5.41) is 8.74. The molecule has 3 aromatic rings. The number of anilines is 1. The third-order valence-corrected chi connectivity index (χ3v) is 10.6. The Kier molecular flexibility index (Phi) is 6.90. The van der Waals surface area contributed by atoms with E-state index in [9.17, 15) is 13.2 Å². The highest BCUT2D eigenvalue weighted by Crippen LogP contribution is 2.48. The van der Waals surface area contributed by atoms with Crippen molar-refractivity contribution >= 4 is 21.7 Å². The van der Waals surface area contributed by atoms with Crippen LogP contribution in [0.5, 0.6) is 5.88 Å². The van der Waals surface area contributed by atoms with E-state index in [4.69, 9.17) is 9.72 Å². The Bertz CT molecular complexity index is 1620.